The number of primary amides is 1. The Labute approximate surface area is 190 Å². The molecule has 0 aliphatic rings. The summed E-state index contributed by atoms with van der Waals surface area (Å²) < 4.78 is 5.21. The zero-order chi connectivity index (χ0) is 24.3. The molecular formula is C23H27N5O5. The molecule has 0 unspecified atom stereocenters. The monoisotopic (exact) mass is 453 g/mol. The van der Waals surface area contributed by atoms with Crippen molar-refractivity contribution in [2.75, 3.05) is 10.6 Å². The summed E-state index contributed by atoms with van der Waals surface area (Å²) in [5.74, 6) is -1.24. The number of H-pyrrole nitrogens is 1. The van der Waals surface area contributed by atoms with E-state index in [0.29, 0.717) is 5.76 Å². The summed E-state index contributed by atoms with van der Waals surface area (Å²) in [6.07, 6.45) is 0.0739. The fourth-order valence-corrected chi connectivity index (χ4v) is 3.48. The fraction of sp³-hybridized carbons (Fsp3) is 0.304. The summed E-state index contributed by atoms with van der Waals surface area (Å²) in [7, 11) is 0. The first-order valence-corrected chi connectivity index (χ1v) is 10.5. The molecule has 3 aromatic rings. The van der Waals surface area contributed by atoms with Crippen molar-refractivity contribution in [3.05, 3.63) is 64.5 Å². The number of carboxylic acids is 1. The number of aromatic carboxylic acids is 1. The topological polar surface area (TPSA) is 163 Å². The Morgan fingerprint density at radius 2 is 1.70 bits per heavy atom. The number of rotatable bonds is 8. The molecule has 0 bridgehead atoms. The van der Waals surface area contributed by atoms with E-state index in [9.17, 15) is 14.4 Å². The Hall–Kier alpha value is -4.08. The number of anilines is 2. The van der Waals surface area contributed by atoms with Crippen molar-refractivity contribution >= 4 is 29.4 Å². The van der Waals surface area contributed by atoms with E-state index in [4.69, 9.17) is 15.3 Å². The van der Waals surface area contributed by atoms with Crippen molar-refractivity contribution in [3.63, 3.8) is 0 Å². The van der Waals surface area contributed by atoms with Gasteiger partial charge in [-0.1, -0.05) is 45.9 Å². The van der Waals surface area contributed by atoms with Crippen molar-refractivity contribution in [2.24, 2.45) is 5.73 Å². The zero-order valence-electron chi connectivity index (χ0n) is 18.9. The van der Waals surface area contributed by atoms with Crippen molar-refractivity contribution in [1.29, 1.82) is 0 Å². The number of amides is 3. The number of hydrogen-bond acceptors (Lipinski definition) is 5. The number of furan rings is 1. The van der Waals surface area contributed by atoms with Crippen molar-refractivity contribution < 1.29 is 23.9 Å². The number of aromatic nitrogens is 2. The average Bonchev–Trinajstić information content (AvgIpc) is 3.35. The highest BCUT2D eigenvalue weighted by Gasteiger charge is 2.21. The molecule has 0 saturated carbocycles. The quantitative estimate of drug-likeness (QED) is 0.342. The van der Waals surface area contributed by atoms with E-state index in [2.05, 4.69) is 20.6 Å². The Kier molecular flexibility index (Phi) is 6.86. The van der Waals surface area contributed by atoms with E-state index < -0.39 is 17.9 Å². The molecule has 0 aliphatic heterocycles. The first kappa shape index (κ1) is 23.6. The molecule has 174 valence electrons. The van der Waals surface area contributed by atoms with Crippen LogP contribution in [0, 0.1) is 0 Å². The summed E-state index contributed by atoms with van der Waals surface area (Å²) in [4.78, 5) is 42.7. The van der Waals surface area contributed by atoms with Gasteiger partial charge in [-0.3, -0.25) is 10.1 Å². The normalized spacial score (nSPS) is 11.1. The molecule has 0 atom stereocenters. The number of aromatic amines is 1. The van der Waals surface area contributed by atoms with Crippen molar-refractivity contribution in [1.82, 2.24) is 9.97 Å². The maximum Gasteiger partial charge on any atom is 0.371 e. The van der Waals surface area contributed by atoms with Crippen molar-refractivity contribution in [2.45, 2.75) is 46.0 Å². The predicted octanol–water partition coefficient (Wildman–Crippen LogP) is 4.28. The fourth-order valence-electron chi connectivity index (χ4n) is 3.48. The summed E-state index contributed by atoms with van der Waals surface area (Å²) >= 11 is 0. The van der Waals surface area contributed by atoms with Crippen molar-refractivity contribution in [3.8, 4) is 0 Å². The lowest BCUT2D eigenvalue weighted by Gasteiger charge is -2.20. The minimum atomic E-state index is -1.19. The molecule has 10 heteroatoms. The van der Waals surface area contributed by atoms with Gasteiger partial charge >= 0.3 is 12.0 Å². The maximum atomic E-state index is 12.8. The van der Waals surface area contributed by atoms with Gasteiger partial charge in [-0.2, -0.15) is 0 Å². The third-order valence-corrected chi connectivity index (χ3v) is 5.05. The van der Waals surface area contributed by atoms with Crippen LogP contribution >= 0.6 is 0 Å². The number of carboxylic acid groups (broad SMARTS) is 1. The van der Waals surface area contributed by atoms with Gasteiger partial charge in [0.1, 0.15) is 17.4 Å². The van der Waals surface area contributed by atoms with Gasteiger partial charge in [0, 0.05) is 5.69 Å². The van der Waals surface area contributed by atoms with E-state index in [1.165, 1.54) is 12.1 Å². The number of hydrogen-bond donors (Lipinski definition) is 5. The number of nitrogens with one attached hydrogen (secondary N) is 3. The Bertz CT molecular complexity index is 1170. The number of carbonyl (C=O) groups excluding carboxylic acids is 2. The first-order valence-electron chi connectivity index (χ1n) is 10.5. The lowest BCUT2D eigenvalue weighted by atomic mass is 9.93. The Morgan fingerprint density at radius 3 is 2.21 bits per heavy atom. The number of nitrogens with zero attached hydrogens (tertiary/aromatic N) is 1. The van der Waals surface area contributed by atoms with Gasteiger partial charge in [-0.25, -0.2) is 14.6 Å². The number of nitrogens with two attached hydrogens (primary N) is 1. The molecule has 33 heavy (non-hydrogen) atoms. The molecule has 0 spiro atoms. The Morgan fingerprint density at radius 1 is 1.06 bits per heavy atom. The van der Waals surface area contributed by atoms with Crippen LogP contribution in [-0.4, -0.2) is 33.0 Å². The van der Waals surface area contributed by atoms with Crippen LogP contribution in [0.25, 0.3) is 0 Å². The Balaban J connectivity index is 1.84. The number of benzene rings is 1. The van der Waals surface area contributed by atoms with Crippen LogP contribution in [0.3, 0.4) is 0 Å². The maximum absolute atomic E-state index is 12.8. The van der Waals surface area contributed by atoms with Crippen LogP contribution in [0.1, 0.15) is 83.3 Å². The molecule has 0 aliphatic carbocycles. The minimum Gasteiger partial charge on any atom is -0.475 e. The first-order chi connectivity index (χ1) is 15.6. The third-order valence-electron chi connectivity index (χ3n) is 5.05. The largest absolute Gasteiger partial charge is 0.475 e. The average molecular weight is 453 g/mol. The smallest absolute Gasteiger partial charge is 0.371 e. The van der Waals surface area contributed by atoms with Crippen LogP contribution in [0.2, 0.25) is 0 Å². The zero-order valence-corrected chi connectivity index (χ0v) is 18.9. The molecule has 3 rings (SSSR count). The number of para-hydroxylation sites is 1. The highest BCUT2D eigenvalue weighted by Crippen LogP contribution is 2.32. The van der Waals surface area contributed by atoms with E-state index >= 15 is 0 Å². The van der Waals surface area contributed by atoms with Gasteiger partial charge in [0.15, 0.2) is 5.69 Å². The molecule has 0 fully saturated rings. The van der Waals surface area contributed by atoms with E-state index in [0.717, 1.165) is 16.8 Å². The van der Waals surface area contributed by atoms with Crippen LogP contribution in [-0.2, 0) is 6.42 Å². The summed E-state index contributed by atoms with van der Waals surface area (Å²) in [5, 5.41) is 14.5. The summed E-state index contributed by atoms with van der Waals surface area (Å²) in [5.41, 5.74) is 7.98. The highest BCUT2D eigenvalue weighted by molar-refractivity contribution is 6.05. The summed E-state index contributed by atoms with van der Waals surface area (Å²) in [6.45, 7) is 8.16. The lowest BCUT2D eigenvalue weighted by molar-refractivity contribution is 0.0660. The number of carbonyl (C=O) groups is 3. The molecule has 0 saturated heterocycles. The van der Waals surface area contributed by atoms with Crippen LogP contribution < -0.4 is 16.4 Å². The van der Waals surface area contributed by atoms with Gasteiger partial charge in [0.05, 0.1) is 6.42 Å². The second-order valence-corrected chi connectivity index (χ2v) is 8.22. The van der Waals surface area contributed by atoms with Gasteiger partial charge in [0.25, 0.3) is 5.91 Å². The van der Waals surface area contributed by atoms with Gasteiger partial charge in [-0.05, 0) is 35.1 Å². The standard InChI is InChI=1S/C23H27N5O5/c1-11(2)14-6-5-7-15(12(3)4)18(14)27-23(32)28-21-19(20(24)29)25-17(26-21)10-13-8-9-16(33-13)22(30)31/h5-9,11-12H,10H2,1-4H3,(H2,24,29)(H,25,26)(H,30,31)(H2,27,28,32). The SMILES string of the molecule is CC(C)c1cccc(C(C)C)c1NC(=O)Nc1[nH]c(Cc2ccc(C(=O)O)o2)nc1C(N)=O. The van der Waals surface area contributed by atoms with Crippen LogP contribution in [0.15, 0.2) is 34.7 Å². The second kappa shape index (κ2) is 9.60. The lowest BCUT2D eigenvalue weighted by Crippen LogP contribution is -2.24. The van der Waals surface area contributed by atoms with Gasteiger partial charge in [-0.15, -0.1) is 0 Å². The molecule has 1 aromatic carbocycles. The van der Waals surface area contributed by atoms with Gasteiger partial charge in [0.2, 0.25) is 5.76 Å². The van der Waals surface area contributed by atoms with E-state index in [1.807, 2.05) is 45.9 Å². The van der Waals surface area contributed by atoms with Gasteiger partial charge < -0.3 is 25.6 Å². The number of imidazole rings is 1. The summed E-state index contributed by atoms with van der Waals surface area (Å²) in [6, 6.07) is 8.14. The number of urea groups is 1. The second-order valence-electron chi connectivity index (χ2n) is 8.22. The van der Waals surface area contributed by atoms with E-state index in [1.54, 1.807) is 0 Å². The van der Waals surface area contributed by atoms with E-state index in [-0.39, 0.29) is 41.4 Å². The highest BCUT2D eigenvalue weighted by atomic mass is 16.4. The molecule has 0 radical (unpaired) electrons. The molecule has 3 amide bonds. The molecule has 2 heterocycles. The molecule has 10 nitrogen and oxygen atoms in total. The molecular weight excluding hydrogens is 426 g/mol. The predicted molar refractivity (Wildman–Crippen MR) is 123 cm³/mol. The van der Waals surface area contributed by atoms with Crippen LogP contribution in [0.4, 0.5) is 16.3 Å². The molecule has 2 aromatic heterocycles. The van der Waals surface area contributed by atoms with Crippen LogP contribution in [0.5, 0.6) is 0 Å². The minimum absolute atomic E-state index is 0.0353. The molecule has 6 N–H and O–H groups in total. The third kappa shape index (κ3) is 5.40.